The lowest BCUT2D eigenvalue weighted by Crippen LogP contribution is -2.51. The molecule has 220 valence electrons. The first-order valence-electron chi connectivity index (χ1n) is 14.5. The SMILES string of the molecule is CC(CO)NC(=O)N(CC1CCNC1)[C@@H](c1nc(-c2cc(F)ccc2F)cn1Cc1ccccc1)C1CCOCC1. The zero-order chi connectivity index (χ0) is 28.8. The second-order valence-corrected chi connectivity index (χ2v) is 11.2. The number of halogens is 2. The van der Waals surface area contributed by atoms with Gasteiger partial charge in [0, 0.05) is 38.1 Å². The predicted octanol–water partition coefficient (Wildman–Crippen LogP) is 4.35. The van der Waals surface area contributed by atoms with Crippen molar-refractivity contribution in [2.24, 2.45) is 11.8 Å². The Labute approximate surface area is 239 Å². The van der Waals surface area contributed by atoms with Crippen LogP contribution in [0.5, 0.6) is 0 Å². The molecular weight excluding hydrogens is 528 g/mol. The molecular formula is C31H39F2N5O3. The van der Waals surface area contributed by atoms with Crippen LogP contribution in [0.2, 0.25) is 0 Å². The van der Waals surface area contributed by atoms with Crippen LogP contribution in [-0.2, 0) is 11.3 Å². The summed E-state index contributed by atoms with van der Waals surface area (Å²) in [5.74, 6) is -0.194. The van der Waals surface area contributed by atoms with Crippen molar-refractivity contribution in [1.29, 1.82) is 0 Å². The molecule has 10 heteroatoms. The summed E-state index contributed by atoms with van der Waals surface area (Å²) in [5, 5.41) is 16.0. The van der Waals surface area contributed by atoms with Crippen LogP contribution in [0, 0.1) is 23.5 Å². The Morgan fingerprint density at radius 1 is 1.20 bits per heavy atom. The predicted molar refractivity (Wildman–Crippen MR) is 152 cm³/mol. The van der Waals surface area contributed by atoms with Crippen LogP contribution in [0.4, 0.5) is 13.6 Å². The maximum Gasteiger partial charge on any atom is 0.318 e. The summed E-state index contributed by atoms with van der Waals surface area (Å²) in [5.41, 5.74) is 1.42. The standard InChI is InChI=1S/C31H39F2N5O3/c1-21(20-39)35-31(40)38(18-23-9-12-34-16-23)29(24-10-13-41-14-11-24)30-36-28(26-15-25(32)7-8-27(26)33)19-37(30)17-22-5-3-2-4-6-22/h2-8,15,19,21,23-24,29,34,39H,9-14,16-18,20H2,1H3,(H,35,40)/t21?,23?,29-/m1/s1. The van der Waals surface area contributed by atoms with Gasteiger partial charge in [-0.2, -0.15) is 0 Å². The van der Waals surface area contributed by atoms with Gasteiger partial charge in [0.25, 0.3) is 0 Å². The van der Waals surface area contributed by atoms with Crippen molar-refractivity contribution in [3.05, 3.63) is 77.8 Å². The van der Waals surface area contributed by atoms with Crippen molar-refractivity contribution in [2.45, 2.75) is 44.8 Å². The average Bonchev–Trinajstić information content (AvgIpc) is 3.65. The molecule has 5 rings (SSSR count). The van der Waals surface area contributed by atoms with E-state index in [1.165, 1.54) is 0 Å². The average molecular weight is 568 g/mol. The molecule has 2 amide bonds. The fraction of sp³-hybridized carbons (Fsp3) is 0.484. The summed E-state index contributed by atoms with van der Waals surface area (Å²) in [4.78, 5) is 20.7. The second kappa shape index (κ2) is 13.5. The molecule has 2 aliphatic heterocycles. The molecule has 2 saturated heterocycles. The first kappa shape index (κ1) is 29.2. The van der Waals surface area contributed by atoms with Crippen LogP contribution in [0.25, 0.3) is 11.3 Å². The highest BCUT2D eigenvalue weighted by Gasteiger charge is 2.38. The number of rotatable bonds is 10. The minimum atomic E-state index is -0.562. The van der Waals surface area contributed by atoms with E-state index in [9.17, 15) is 18.7 Å². The Hall–Kier alpha value is -3.34. The van der Waals surface area contributed by atoms with E-state index in [-0.39, 0.29) is 30.0 Å². The van der Waals surface area contributed by atoms with Crippen LogP contribution in [0.15, 0.2) is 54.7 Å². The molecule has 3 atom stereocenters. The second-order valence-electron chi connectivity index (χ2n) is 11.2. The molecule has 2 fully saturated rings. The van der Waals surface area contributed by atoms with Crippen molar-refractivity contribution in [1.82, 2.24) is 25.1 Å². The molecule has 0 saturated carbocycles. The Morgan fingerprint density at radius 2 is 1.98 bits per heavy atom. The lowest BCUT2D eigenvalue weighted by Gasteiger charge is -2.40. The van der Waals surface area contributed by atoms with Crippen LogP contribution in [0.1, 0.15) is 43.6 Å². The minimum Gasteiger partial charge on any atom is -0.394 e. The van der Waals surface area contributed by atoms with Crippen molar-refractivity contribution in [2.75, 3.05) is 39.5 Å². The molecule has 2 aliphatic rings. The summed E-state index contributed by atoms with van der Waals surface area (Å²) < 4.78 is 36.9. The van der Waals surface area contributed by atoms with Crippen molar-refractivity contribution >= 4 is 6.03 Å². The normalized spacial score (nSPS) is 19.2. The number of hydrogen-bond acceptors (Lipinski definition) is 5. The Kier molecular flexibility index (Phi) is 9.64. The van der Waals surface area contributed by atoms with Crippen LogP contribution in [-0.4, -0.2) is 71.1 Å². The van der Waals surface area contributed by atoms with Gasteiger partial charge in [-0.05, 0) is 74.9 Å². The highest BCUT2D eigenvalue weighted by molar-refractivity contribution is 5.75. The van der Waals surface area contributed by atoms with Gasteiger partial charge in [-0.25, -0.2) is 18.6 Å². The number of aliphatic hydroxyl groups excluding tert-OH is 1. The summed E-state index contributed by atoms with van der Waals surface area (Å²) in [6.45, 7) is 5.36. The van der Waals surface area contributed by atoms with E-state index in [0.29, 0.717) is 37.8 Å². The fourth-order valence-electron chi connectivity index (χ4n) is 5.84. The van der Waals surface area contributed by atoms with Gasteiger partial charge in [0.2, 0.25) is 0 Å². The number of imidazole rings is 1. The van der Waals surface area contributed by atoms with Gasteiger partial charge in [0.15, 0.2) is 0 Å². The number of ether oxygens (including phenoxy) is 1. The fourth-order valence-corrected chi connectivity index (χ4v) is 5.84. The molecule has 41 heavy (non-hydrogen) atoms. The summed E-state index contributed by atoms with van der Waals surface area (Å²) in [6, 6.07) is 12.1. The molecule has 0 spiro atoms. The number of carbonyl (C=O) groups is 1. The van der Waals surface area contributed by atoms with Crippen molar-refractivity contribution in [3.8, 4) is 11.3 Å². The van der Waals surface area contributed by atoms with E-state index < -0.39 is 23.7 Å². The van der Waals surface area contributed by atoms with Crippen LogP contribution in [0.3, 0.4) is 0 Å². The van der Waals surface area contributed by atoms with Crippen molar-refractivity contribution in [3.63, 3.8) is 0 Å². The minimum absolute atomic E-state index is 0.0374. The molecule has 3 N–H and O–H groups in total. The van der Waals surface area contributed by atoms with Gasteiger partial charge in [-0.3, -0.25) is 0 Å². The van der Waals surface area contributed by atoms with Crippen molar-refractivity contribution < 1.29 is 23.4 Å². The highest BCUT2D eigenvalue weighted by Crippen LogP contribution is 2.38. The monoisotopic (exact) mass is 567 g/mol. The maximum absolute atomic E-state index is 15.0. The van der Waals surface area contributed by atoms with E-state index >= 15 is 0 Å². The van der Waals surface area contributed by atoms with E-state index in [1.54, 1.807) is 13.1 Å². The quantitative estimate of drug-likeness (QED) is 0.339. The molecule has 0 aliphatic carbocycles. The first-order valence-corrected chi connectivity index (χ1v) is 14.5. The van der Waals surface area contributed by atoms with Gasteiger partial charge in [0.05, 0.1) is 24.4 Å². The Balaban J connectivity index is 1.63. The number of benzene rings is 2. The zero-order valence-electron chi connectivity index (χ0n) is 23.4. The van der Waals surface area contributed by atoms with E-state index in [2.05, 4.69) is 10.6 Å². The Morgan fingerprint density at radius 3 is 2.68 bits per heavy atom. The highest BCUT2D eigenvalue weighted by atomic mass is 19.1. The topological polar surface area (TPSA) is 91.6 Å². The largest absolute Gasteiger partial charge is 0.394 e. The van der Waals surface area contributed by atoms with Gasteiger partial charge < -0.3 is 29.9 Å². The van der Waals surface area contributed by atoms with E-state index in [4.69, 9.17) is 9.72 Å². The number of amides is 2. The number of urea groups is 1. The molecule has 0 radical (unpaired) electrons. The number of nitrogens with one attached hydrogen (secondary N) is 2. The number of nitrogens with zero attached hydrogens (tertiary/aromatic N) is 3. The molecule has 3 aromatic rings. The maximum atomic E-state index is 15.0. The number of carbonyl (C=O) groups excluding carboxylic acids is 1. The van der Waals surface area contributed by atoms with Gasteiger partial charge in [0.1, 0.15) is 17.5 Å². The third-order valence-corrected chi connectivity index (χ3v) is 8.04. The van der Waals surface area contributed by atoms with Crippen LogP contribution >= 0.6 is 0 Å². The molecule has 8 nitrogen and oxygen atoms in total. The molecule has 2 aromatic carbocycles. The van der Waals surface area contributed by atoms with E-state index in [0.717, 1.165) is 56.1 Å². The summed E-state index contributed by atoms with van der Waals surface area (Å²) in [6.07, 6.45) is 4.16. The van der Waals surface area contributed by atoms with E-state index in [1.807, 2.05) is 39.8 Å². The molecule has 3 heterocycles. The summed E-state index contributed by atoms with van der Waals surface area (Å²) in [7, 11) is 0. The van der Waals surface area contributed by atoms with Gasteiger partial charge in [-0.1, -0.05) is 30.3 Å². The smallest absolute Gasteiger partial charge is 0.318 e. The lowest BCUT2D eigenvalue weighted by atomic mass is 9.89. The number of aliphatic hydroxyl groups is 1. The molecule has 0 bridgehead atoms. The molecule has 2 unspecified atom stereocenters. The Bertz CT molecular complexity index is 1290. The first-order chi connectivity index (χ1) is 19.9. The third kappa shape index (κ3) is 7.12. The third-order valence-electron chi connectivity index (χ3n) is 8.04. The zero-order valence-corrected chi connectivity index (χ0v) is 23.4. The number of aromatic nitrogens is 2. The van der Waals surface area contributed by atoms with Gasteiger partial charge >= 0.3 is 6.03 Å². The lowest BCUT2D eigenvalue weighted by molar-refractivity contribution is 0.0273. The van der Waals surface area contributed by atoms with Gasteiger partial charge in [-0.15, -0.1) is 0 Å². The number of hydrogen-bond donors (Lipinski definition) is 3. The molecule has 1 aromatic heterocycles. The summed E-state index contributed by atoms with van der Waals surface area (Å²) >= 11 is 0. The van der Waals surface area contributed by atoms with Crippen LogP contribution < -0.4 is 10.6 Å².